The van der Waals surface area contributed by atoms with Crippen molar-refractivity contribution in [2.75, 3.05) is 0 Å². The summed E-state index contributed by atoms with van der Waals surface area (Å²) >= 11 is 0. The van der Waals surface area contributed by atoms with E-state index in [1.165, 1.54) is 0 Å². The molecule has 0 unspecified atom stereocenters. The van der Waals surface area contributed by atoms with Crippen LogP contribution in [0.2, 0.25) is 0 Å². The second-order valence-corrected chi connectivity index (χ2v) is 4.10. The highest BCUT2D eigenvalue weighted by molar-refractivity contribution is 5.82. The number of carbonyl (C=O) groups excluding carboxylic acids is 1. The molecule has 2 atom stereocenters. The standard InChI is InChI=1S/C8H14FNO/c1-8(2,3)10-7(11)5-4-6(5)9/h5-6H,4H2,1-3H3,(H,10,11)/t5-,6+/m0/s1. The Morgan fingerprint density at radius 2 is 2.00 bits per heavy atom. The summed E-state index contributed by atoms with van der Waals surface area (Å²) in [6.45, 7) is 5.67. The molecular formula is C8H14FNO. The third-order valence-electron chi connectivity index (χ3n) is 1.55. The third-order valence-corrected chi connectivity index (χ3v) is 1.55. The molecule has 11 heavy (non-hydrogen) atoms. The fourth-order valence-corrected chi connectivity index (χ4v) is 0.898. The molecule has 1 fully saturated rings. The van der Waals surface area contributed by atoms with Crippen molar-refractivity contribution < 1.29 is 9.18 Å². The molecule has 0 aliphatic heterocycles. The van der Waals surface area contributed by atoms with Crippen LogP contribution in [-0.2, 0) is 4.79 Å². The van der Waals surface area contributed by atoms with Gasteiger partial charge in [0, 0.05) is 5.54 Å². The molecule has 0 heterocycles. The van der Waals surface area contributed by atoms with Crippen molar-refractivity contribution >= 4 is 5.91 Å². The van der Waals surface area contributed by atoms with Gasteiger partial charge in [-0.25, -0.2) is 4.39 Å². The molecule has 3 heteroatoms. The summed E-state index contributed by atoms with van der Waals surface area (Å²) in [6, 6.07) is 0. The Hall–Kier alpha value is -0.600. The van der Waals surface area contributed by atoms with E-state index in [1.807, 2.05) is 20.8 Å². The zero-order chi connectivity index (χ0) is 8.65. The first kappa shape index (κ1) is 8.50. The number of hydrogen-bond acceptors (Lipinski definition) is 1. The first-order chi connectivity index (χ1) is 4.90. The van der Waals surface area contributed by atoms with E-state index in [1.54, 1.807) is 0 Å². The van der Waals surface area contributed by atoms with Crippen LogP contribution >= 0.6 is 0 Å². The molecule has 1 saturated carbocycles. The molecule has 64 valence electrons. The largest absolute Gasteiger partial charge is 0.351 e. The van der Waals surface area contributed by atoms with Gasteiger partial charge in [0.15, 0.2) is 0 Å². The molecule has 1 aliphatic rings. The summed E-state index contributed by atoms with van der Waals surface area (Å²) in [4.78, 5) is 11.1. The Morgan fingerprint density at radius 3 is 2.27 bits per heavy atom. The van der Waals surface area contributed by atoms with Gasteiger partial charge >= 0.3 is 0 Å². The zero-order valence-corrected chi connectivity index (χ0v) is 7.15. The van der Waals surface area contributed by atoms with Crippen molar-refractivity contribution in [2.45, 2.75) is 38.9 Å². The minimum absolute atomic E-state index is 0.148. The van der Waals surface area contributed by atoms with Crippen LogP contribution in [0.5, 0.6) is 0 Å². The molecule has 2 nitrogen and oxygen atoms in total. The minimum atomic E-state index is -0.891. The Kier molecular flexibility index (Phi) is 1.90. The molecule has 0 saturated heterocycles. The molecule has 0 aromatic rings. The summed E-state index contributed by atoms with van der Waals surface area (Å²) < 4.78 is 12.3. The molecule has 0 aromatic heterocycles. The number of rotatable bonds is 1. The van der Waals surface area contributed by atoms with Crippen molar-refractivity contribution in [2.24, 2.45) is 5.92 Å². The van der Waals surface area contributed by atoms with E-state index in [4.69, 9.17) is 0 Å². The van der Waals surface area contributed by atoms with Crippen molar-refractivity contribution in [1.29, 1.82) is 0 Å². The van der Waals surface area contributed by atoms with Crippen LogP contribution in [0.25, 0.3) is 0 Å². The molecule has 1 aliphatic carbocycles. The Balaban J connectivity index is 2.33. The van der Waals surface area contributed by atoms with Gasteiger partial charge in [0.2, 0.25) is 5.91 Å². The maximum Gasteiger partial charge on any atom is 0.226 e. The van der Waals surface area contributed by atoms with Gasteiger partial charge in [0.05, 0.1) is 5.92 Å². The van der Waals surface area contributed by atoms with Crippen LogP contribution in [-0.4, -0.2) is 17.6 Å². The fraction of sp³-hybridized carbons (Fsp3) is 0.875. The lowest BCUT2D eigenvalue weighted by Crippen LogP contribution is -2.41. The van der Waals surface area contributed by atoms with Crippen LogP contribution in [0.3, 0.4) is 0 Å². The first-order valence-electron chi connectivity index (χ1n) is 3.86. The predicted molar refractivity (Wildman–Crippen MR) is 40.9 cm³/mol. The molecular weight excluding hydrogens is 145 g/mol. The third kappa shape index (κ3) is 2.48. The van der Waals surface area contributed by atoms with Gasteiger partial charge in [-0.15, -0.1) is 0 Å². The average molecular weight is 159 g/mol. The number of alkyl halides is 1. The highest BCUT2D eigenvalue weighted by Gasteiger charge is 2.44. The van der Waals surface area contributed by atoms with Crippen molar-refractivity contribution in [3.05, 3.63) is 0 Å². The number of carbonyl (C=O) groups is 1. The Labute approximate surface area is 66.2 Å². The van der Waals surface area contributed by atoms with Crippen LogP contribution in [0, 0.1) is 5.92 Å². The van der Waals surface area contributed by atoms with E-state index in [0.717, 1.165) is 0 Å². The monoisotopic (exact) mass is 159 g/mol. The second-order valence-electron chi connectivity index (χ2n) is 4.10. The lowest BCUT2D eigenvalue weighted by molar-refractivity contribution is -0.124. The van der Waals surface area contributed by atoms with Gasteiger partial charge in [-0.2, -0.15) is 0 Å². The van der Waals surface area contributed by atoms with Crippen LogP contribution in [0.1, 0.15) is 27.2 Å². The molecule has 1 amide bonds. The van der Waals surface area contributed by atoms with Gasteiger partial charge in [-0.1, -0.05) is 0 Å². The van der Waals surface area contributed by atoms with Gasteiger partial charge in [-0.05, 0) is 27.2 Å². The van der Waals surface area contributed by atoms with E-state index in [2.05, 4.69) is 5.32 Å². The van der Waals surface area contributed by atoms with Crippen molar-refractivity contribution in [3.63, 3.8) is 0 Å². The van der Waals surface area contributed by atoms with Crippen LogP contribution in [0.4, 0.5) is 4.39 Å². The maximum atomic E-state index is 12.3. The lowest BCUT2D eigenvalue weighted by Gasteiger charge is -2.20. The van der Waals surface area contributed by atoms with Crippen LogP contribution < -0.4 is 5.32 Å². The van der Waals surface area contributed by atoms with Crippen molar-refractivity contribution in [3.8, 4) is 0 Å². The molecule has 1 N–H and O–H groups in total. The number of hydrogen-bond donors (Lipinski definition) is 1. The SMILES string of the molecule is CC(C)(C)NC(=O)[C@H]1C[C@H]1F. The first-order valence-corrected chi connectivity index (χ1v) is 3.86. The second kappa shape index (κ2) is 2.47. The van der Waals surface area contributed by atoms with E-state index in [-0.39, 0.29) is 17.4 Å². The normalized spacial score (nSPS) is 29.8. The topological polar surface area (TPSA) is 29.1 Å². The Morgan fingerprint density at radius 1 is 1.55 bits per heavy atom. The molecule has 0 radical (unpaired) electrons. The van der Waals surface area contributed by atoms with Gasteiger partial charge in [0.25, 0.3) is 0 Å². The quantitative estimate of drug-likeness (QED) is 0.613. The highest BCUT2D eigenvalue weighted by atomic mass is 19.1. The molecule has 0 aromatic carbocycles. The van der Waals surface area contributed by atoms with Gasteiger partial charge in [-0.3, -0.25) is 4.79 Å². The summed E-state index contributed by atoms with van der Waals surface area (Å²) in [5.74, 6) is -0.515. The predicted octanol–water partition coefficient (Wildman–Crippen LogP) is 1.26. The molecule has 0 bridgehead atoms. The molecule has 1 rings (SSSR count). The van der Waals surface area contributed by atoms with Crippen LogP contribution in [0.15, 0.2) is 0 Å². The summed E-state index contributed by atoms with van der Waals surface area (Å²) in [5.41, 5.74) is -0.237. The fourth-order valence-electron chi connectivity index (χ4n) is 0.898. The smallest absolute Gasteiger partial charge is 0.226 e. The summed E-state index contributed by atoms with van der Waals surface area (Å²) in [5, 5.41) is 2.73. The zero-order valence-electron chi connectivity index (χ0n) is 7.15. The van der Waals surface area contributed by atoms with Gasteiger partial charge < -0.3 is 5.32 Å². The molecule has 0 spiro atoms. The van der Waals surface area contributed by atoms with Gasteiger partial charge in [0.1, 0.15) is 6.17 Å². The number of nitrogens with one attached hydrogen (secondary N) is 1. The van der Waals surface area contributed by atoms with E-state index < -0.39 is 6.17 Å². The van der Waals surface area contributed by atoms with Crippen molar-refractivity contribution in [1.82, 2.24) is 5.32 Å². The van der Waals surface area contributed by atoms with E-state index in [9.17, 15) is 9.18 Å². The maximum absolute atomic E-state index is 12.3. The summed E-state index contributed by atoms with van der Waals surface area (Å²) in [6.07, 6.45) is -0.487. The average Bonchev–Trinajstić information content (AvgIpc) is 2.41. The van der Waals surface area contributed by atoms with E-state index >= 15 is 0 Å². The van der Waals surface area contributed by atoms with E-state index in [0.29, 0.717) is 6.42 Å². The number of amides is 1. The Bertz CT molecular complexity index is 173. The minimum Gasteiger partial charge on any atom is -0.351 e. The lowest BCUT2D eigenvalue weighted by atomic mass is 10.1. The highest BCUT2D eigenvalue weighted by Crippen LogP contribution is 2.34. The summed E-state index contributed by atoms with van der Waals surface area (Å²) in [7, 11) is 0. The number of halogens is 1.